The van der Waals surface area contributed by atoms with Crippen LogP contribution in [0.5, 0.6) is 0 Å². The van der Waals surface area contributed by atoms with Crippen LogP contribution >= 0.6 is 23.2 Å². The van der Waals surface area contributed by atoms with Gasteiger partial charge in [-0.15, -0.1) is 0 Å². The number of carboxylic acids is 1. The van der Waals surface area contributed by atoms with Gasteiger partial charge in [-0.25, -0.2) is 4.39 Å². The van der Waals surface area contributed by atoms with Gasteiger partial charge in [0.05, 0.1) is 11.4 Å². The Hall–Kier alpha value is -0.840. The first-order valence-corrected chi connectivity index (χ1v) is 6.60. The topological polar surface area (TPSA) is 63.3 Å². The van der Waals surface area contributed by atoms with E-state index in [1.165, 1.54) is 12.1 Å². The molecular formula is C13H16Cl2FNO2. The third-order valence-electron chi connectivity index (χ3n) is 3.40. The van der Waals surface area contributed by atoms with Crippen LogP contribution in [0.1, 0.15) is 32.3 Å². The van der Waals surface area contributed by atoms with Gasteiger partial charge in [-0.3, -0.25) is 4.79 Å². The summed E-state index contributed by atoms with van der Waals surface area (Å²) in [6.45, 7) is 3.51. The highest BCUT2D eigenvalue weighted by atomic mass is 35.5. The molecule has 0 saturated carbocycles. The Morgan fingerprint density at radius 2 is 2.05 bits per heavy atom. The molecule has 3 nitrogen and oxygen atoms in total. The third-order valence-corrected chi connectivity index (χ3v) is 4.00. The highest BCUT2D eigenvalue weighted by Gasteiger charge is 2.37. The molecule has 0 aliphatic rings. The van der Waals surface area contributed by atoms with Crippen LogP contribution < -0.4 is 5.73 Å². The Bertz CT molecular complexity index is 496. The lowest BCUT2D eigenvalue weighted by molar-refractivity contribution is -0.138. The number of aliphatic carboxylic acids is 1. The normalized spacial score (nSPS) is 15.9. The summed E-state index contributed by atoms with van der Waals surface area (Å²) < 4.78 is 13.6. The molecule has 1 rings (SSSR count). The van der Waals surface area contributed by atoms with Gasteiger partial charge < -0.3 is 10.8 Å². The zero-order valence-electron chi connectivity index (χ0n) is 10.7. The molecule has 0 amide bonds. The molecule has 0 heterocycles. The van der Waals surface area contributed by atoms with E-state index in [4.69, 9.17) is 34.0 Å². The summed E-state index contributed by atoms with van der Waals surface area (Å²) in [5.41, 5.74) is 5.42. The zero-order valence-corrected chi connectivity index (χ0v) is 12.2. The highest BCUT2D eigenvalue weighted by molar-refractivity contribution is 6.35. The van der Waals surface area contributed by atoms with Crippen molar-refractivity contribution in [2.24, 2.45) is 5.73 Å². The monoisotopic (exact) mass is 307 g/mol. The Morgan fingerprint density at radius 3 is 2.53 bits per heavy atom. The molecule has 1 aromatic carbocycles. The lowest BCUT2D eigenvalue weighted by atomic mass is 9.72. The number of halogens is 3. The fraction of sp³-hybridized carbons (Fsp3) is 0.462. The Labute approximate surface area is 121 Å². The van der Waals surface area contributed by atoms with Gasteiger partial charge in [-0.1, -0.05) is 37.0 Å². The number of carboxylic acid groups (broad SMARTS) is 1. The molecule has 0 aliphatic heterocycles. The minimum atomic E-state index is -1.02. The van der Waals surface area contributed by atoms with E-state index in [9.17, 15) is 9.18 Å². The van der Waals surface area contributed by atoms with Crippen molar-refractivity contribution in [3.05, 3.63) is 33.6 Å². The van der Waals surface area contributed by atoms with Crippen molar-refractivity contribution in [1.29, 1.82) is 0 Å². The second-order valence-corrected chi connectivity index (χ2v) is 5.56. The molecule has 2 atom stereocenters. The fourth-order valence-corrected chi connectivity index (χ4v) is 2.75. The average molecular weight is 308 g/mol. The average Bonchev–Trinajstić information content (AvgIpc) is 2.31. The quantitative estimate of drug-likeness (QED) is 0.817. The number of hydrogen-bond acceptors (Lipinski definition) is 2. The predicted molar refractivity (Wildman–Crippen MR) is 74.3 cm³/mol. The fourth-order valence-electron chi connectivity index (χ4n) is 2.15. The van der Waals surface area contributed by atoms with E-state index in [1.54, 1.807) is 6.92 Å². The van der Waals surface area contributed by atoms with Crippen LogP contribution in [0.15, 0.2) is 12.1 Å². The molecule has 1 aromatic rings. The summed E-state index contributed by atoms with van der Waals surface area (Å²) in [6.07, 6.45) is 0.313. The minimum Gasteiger partial charge on any atom is -0.481 e. The van der Waals surface area contributed by atoms with Crippen molar-refractivity contribution < 1.29 is 14.3 Å². The predicted octanol–water partition coefficient (Wildman–Crippen LogP) is 3.60. The SMILES string of the molecule is CCC(N)C(C)(CC(=O)O)c1cc(F)c(Cl)cc1Cl. The van der Waals surface area contributed by atoms with Crippen molar-refractivity contribution >= 4 is 29.2 Å². The van der Waals surface area contributed by atoms with Gasteiger partial charge >= 0.3 is 5.97 Å². The smallest absolute Gasteiger partial charge is 0.304 e. The number of hydrogen-bond donors (Lipinski definition) is 2. The minimum absolute atomic E-state index is 0.100. The summed E-state index contributed by atoms with van der Waals surface area (Å²) in [4.78, 5) is 11.1. The molecule has 0 bridgehead atoms. The van der Waals surface area contributed by atoms with E-state index in [0.717, 1.165) is 0 Å². The maximum absolute atomic E-state index is 13.6. The van der Waals surface area contributed by atoms with Crippen LogP contribution in [-0.2, 0) is 10.2 Å². The zero-order chi connectivity index (χ0) is 14.8. The van der Waals surface area contributed by atoms with Gasteiger partial charge in [0.25, 0.3) is 0 Å². The van der Waals surface area contributed by atoms with E-state index < -0.39 is 23.2 Å². The maximum atomic E-state index is 13.6. The van der Waals surface area contributed by atoms with Crippen molar-refractivity contribution in [1.82, 2.24) is 0 Å². The second-order valence-electron chi connectivity index (χ2n) is 4.75. The lowest BCUT2D eigenvalue weighted by Crippen LogP contribution is -2.44. The van der Waals surface area contributed by atoms with Crippen LogP contribution in [-0.4, -0.2) is 17.1 Å². The molecule has 2 unspecified atom stereocenters. The summed E-state index contributed by atoms with van der Waals surface area (Å²) >= 11 is 11.7. The molecule has 3 N–H and O–H groups in total. The lowest BCUT2D eigenvalue weighted by Gasteiger charge is -2.35. The number of nitrogens with two attached hydrogens (primary N) is 1. The van der Waals surface area contributed by atoms with Crippen LogP contribution in [0.3, 0.4) is 0 Å². The van der Waals surface area contributed by atoms with Gasteiger partial charge in [0.1, 0.15) is 5.82 Å². The largest absolute Gasteiger partial charge is 0.481 e. The molecule has 106 valence electrons. The van der Waals surface area contributed by atoms with Gasteiger partial charge in [0, 0.05) is 16.5 Å². The molecule has 0 saturated heterocycles. The summed E-state index contributed by atoms with van der Waals surface area (Å²) in [5, 5.41) is 9.17. The molecule has 0 aromatic heterocycles. The Kier molecular flexibility index (Phi) is 5.18. The molecule has 6 heteroatoms. The molecule has 0 fully saturated rings. The van der Waals surface area contributed by atoms with Gasteiger partial charge in [0.2, 0.25) is 0 Å². The molecule has 19 heavy (non-hydrogen) atoms. The number of benzene rings is 1. The van der Waals surface area contributed by atoms with Crippen LogP contribution in [0.25, 0.3) is 0 Å². The summed E-state index contributed by atoms with van der Waals surface area (Å²) in [5.74, 6) is -1.65. The van der Waals surface area contributed by atoms with E-state index in [2.05, 4.69) is 0 Å². The van der Waals surface area contributed by atoms with E-state index in [0.29, 0.717) is 12.0 Å². The number of carbonyl (C=O) groups is 1. The van der Waals surface area contributed by atoms with Crippen LogP contribution in [0.2, 0.25) is 10.0 Å². The molecular weight excluding hydrogens is 292 g/mol. The van der Waals surface area contributed by atoms with Gasteiger partial charge in [-0.05, 0) is 24.1 Å². The first-order chi connectivity index (χ1) is 8.72. The number of rotatable bonds is 5. The third kappa shape index (κ3) is 3.38. The van der Waals surface area contributed by atoms with Crippen molar-refractivity contribution in [3.63, 3.8) is 0 Å². The van der Waals surface area contributed by atoms with Crippen molar-refractivity contribution in [3.8, 4) is 0 Å². The van der Waals surface area contributed by atoms with Crippen LogP contribution in [0, 0.1) is 5.82 Å². The Balaban J connectivity index is 3.40. The summed E-state index contributed by atoms with van der Waals surface area (Å²) in [6, 6.07) is 1.99. The van der Waals surface area contributed by atoms with E-state index >= 15 is 0 Å². The van der Waals surface area contributed by atoms with E-state index in [1.807, 2.05) is 6.92 Å². The summed E-state index contributed by atoms with van der Waals surface area (Å²) in [7, 11) is 0. The Morgan fingerprint density at radius 1 is 1.47 bits per heavy atom. The molecule has 0 spiro atoms. The first-order valence-electron chi connectivity index (χ1n) is 5.84. The maximum Gasteiger partial charge on any atom is 0.304 e. The second kappa shape index (κ2) is 6.07. The highest BCUT2D eigenvalue weighted by Crippen LogP contribution is 2.38. The van der Waals surface area contributed by atoms with E-state index in [-0.39, 0.29) is 16.5 Å². The molecule has 0 radical (unpaired) electrons. The van der Waals surface area contributed by atoms with Crippen LogP contribution in [0.4, 0.5) is 4.39 Å². The first kappa shape index (κ1) is 16.2. The van der Waals surface area contributed by atoms with Crippen molar-refractivity contribution in [2.75, 3.05) is 0 Å². The van der Waals surface area contributed by atoms with Crippen molar-refractivity contribution in [2.45, 2.75) is 38.1 Å². The molecule has 0 aliphatic carbocycles. The van der Waals surface area contributed by atoms with Gasteiger partial charge in [-0.2, -0.15) is 0 Å². The standard InChI is InChI=1S/C13H16Cl2FNO2/c1-3-11(17)13(2,6-12(18)19)7-4-10(16)9(15)5-8(7)14/h4-5,11H,3,6,17H2,1-2H3,(H,18,19). The van der Waals surface area contributed by atoms with Gasteiger partial charge in [0.15, 0.2) is 0 Å².